The van der Waals surface area contributed by atoms with Crippen LogP contribution in [0.3, 0.4) is 0 Å². The van der Waals surface area contributed by atoms with Crippen LogP contribution in [-0.2, 0) is 6.42 Å². The zero-order valence-corrected chi connectivity index (χ0v) is 10.2. The molecule has 0 atom stereocenters. The summed E-state index contributed by atoms with van der Waals surface area (Å²) in [5, 5.41) is 0. The minimum absolute atomic E-state index is 1.03. The first-order chi connectivity index (χ1) is 7.63. The Hall–Kier alpha value is -1.56. The van der Waals surface area contributed by atoms with Gasteiger partial charge < -0.3 is 0 Å². The van der Waals surface area contributed by atoms with Gasteiger partial charge in [-0.05, 0) is 38.3 Å². The lowest BCUT2D eigenvalue weighted by Crippen LogP contribution is -1.90. The molecule has 0 aliphatic heterocycles. The van der Waals surface area contributed by atoms with E-state index in [-0.39, 0.29) is 0 Å². The highest BCUT2D eigenvalue weighted by Gasteiger charge is 1.98. The second-order valence-corrected chi connectivity index (χ2v) is 4.66. The third kappa shape index (κ3) is 2.73. The van der Waals surface area contributed by atoms with Crippen LogP contribution in [0.4, 0.5) is 0 Å². The molecule has 0 nitrogen and oxygen atoms in total. The number of hydrogen-bond acceptors (Lipinski definition) is 0. The fourth-order valence-electron chi connectivity index (χ4n) is 2.23. The van der Waals surface area contributed by atoms with Crippen molar-refractivity contribution in [1.82, 2.24) is 0 Å². The van der Waals surface area contributed by atoms with E-state index in [9.17, 15) is 0 Å². The van der Waals surface area contributed by atoms with Gasteiger partial charge in [-0.1, -0.05) is 59.2 Å². The molecule has 2 aromatic carbocycles. The smallest absolute Gasteiger partial charge is 0.00255 e. The zero-order chi connectivity index (χ0) is 11.5. The van der Waals surface area contributed by atoms with Crippen molar-refractivity contribution in [3.63, 3.8) is 0 Å². The van der Waals surface area contributed by atoms with E-state index in [2.05, 4.69) is 63.2 Å². The molecule has 0 radical (unpaired) electrons. The summed E-state index contributed by atoms with van der Waals surface area (Å²) in [4.78, 5) is 0. The average molecular weight is 210 g/mol. The molecular weight excluding hydrogens is 192 g/mol. The summed E-state index contributed by atoms with van der Waals surface area (Å²) in [5.74, 6) is 0. The second-order valence-electron chi connectivity index (χ2n) is 4.66. The van der Waals surface area contributed by atoms with E-state index in [0.29, 0.717) is 0 Å². The van der Waals surface area contributed by atoms with E-state index in [0.717, 1.165) is 6.42 Å². The molecule has 16 heavy (non-hydrogen) atoms. The Labute approximate surface area is 97.9 Å². The molecule has 0 aromatic heterocycles. The van der Waals surface area contributed by atoms with Crippen molar-refractivity contribution < 1.29 is 0 Å². The fraction of sp³-hybridized carbons (Fsp3) is 0.250. The number of rotatable bonds is 2. The van der Waals surface area contributed by atoms with Crippen molar-refractivity contribution in [2.75, 3.05) is 0 Å². The van der Waals surface area contributed by atoms with Gasteiger partial charge in [0.05, 0.1) is 0 Å². The van der Waals surface area contributed by atoms with Gasteiger partial charge in [-0.15, -0.1) is 0 Å². The van der Waals surface area contributed by atoms with Crippen molar-refractivity contribution in [3.8, 4) is 0 Å². The molecular formula is C16H18. The Morgan fingerprint density at radius 2 is 1.31 bits per heavy atom. The van der Waals surface area contributed by atoms with E-state index >= 15 is 0 Å². The van der Waals surface area contributed by atoms with Gasteiger partial charge in [0.1, 0.15) is 0 Å². The summed E-state index contributed by atoms with van der Waals surface area (Å²) >= 11 is 0. The molecule has 0 aliphatic carbocycles. The predicted octanol–water partition coefficient (Wildman–Crippen LogP) is 4.20. The number of hydrogen-bond donors (Lipinski definition) is 0. The van der Waals surface area contributed by atoms with Crippen molar-refractivity contribution in [3.05, 3.63) is 70.3 Å². The van der Waals surface area contributed by atoms with Crippen LogP contribution in [0.1, 0.15) is 27.8 Å². The third-order valence-corrected chi connectivity index (χ3v) is 2.77. The van der Waals surface area contributed by atoms with E-state index in [1.807, 2.05) is 0 Å². The second kappa shape index (κ2) is 4.52. The summed E-state index contributed by atoms with van der Waals surface area (Å²) in [6.07, 6.45) is 1.03. The Bertz CT molecular complexity index is 475. The van der Waals surface area contributed by atoms with E-state index < -0.39 is 0 Å². The highest BCUT2D eigenvalue weighted by atomic mass is 14.0. The van der Waals surface area contributed by atoms with Gasteiger partial charge in [0, 0.05) is 0 Å². The molecule has 0 heterocycles. The predicted molar refractivity (Wildman–Crippen MR) is 69.9 cm³/mol. The maximum Gasteiger partial charge on any atom is -0.00255 e. The first kappa shape index (κ1) is 10.9. The lowest BCUT2D eigenvalue weighted by atomic mass is 10.00. The molecule has 0 N–H and O–H groups in total. The Balaban J connectivity index is 2.27. The highest BCUT2D eigenvalue weighted by molar-refractivity contribution is 5.33. The number of aryl methyl sites for hydroxylation is 3. The molecule has 0 heteroatoms. The van der Waals surface area contributed by atoms with Gasteiger partial charge in [0.15, 0.2) is 0 Å². The SMILES string of the molecule is Cc1cccc(Cc2cc(C)cc(C)c2)c1. The lowest BCUT2D eigenvalue weighted by molar-refractivity contribution is 1.16. The van der Waals surface area contributed by atoms with Crippen molar-refractivity contribution >= 4 is 0 Å². The van der Waals surface area contributed by atoms with E-state index in [1.54, 1.807) is 0 Å². The molecule has 0 amide bonds. The number of benzene rings is 2. The van der Waals surface area contributed by atoms with Gasteiger partial charge in [0.25, 0.3) is 0 Å². The standard InChI is InChI=1S/C16H18/c1-12-5-4-6-15(8-12)11-16-9-13(2)7-14(3)10-16/h4-10H,11H2,1-3H3. The van der Waals surface area contributed by atoms with Gasteiger partial charge in [0.2, 0.25) is 0 Å². The molecule has 0 fully saturated rings. The van der Waals surface area contributed by atoms with Crippen LogP contribution in [0.2, 0.25) is 0 Å². The third-order valence-electron chi connectivity index (χ3n) is 2.77. The van der Waals surface area contributed by atoms with Crippen LogP contribution in [0.5, 0.6) is 0 Å². The highest BCUT2D eigenvalue weighted by Crippen LogP contribution is 2.14. The summed E-state index contributed by atoms with van der Waals surface area (Å²) < 4.78 is 0. The molecule has 0 saturated heterocycles. The van der Waals surface area contributed by atoms with E-state index in [1.165, 1.54) is 27.8 Å². The largest absolute Gasteiger partial charge is 0.0617 e. The lowest BCUT2D eigenvalue weighted by Gasteiger charge is -2.06. The zero-order valence-electron chi connectivity index (χ0n) is 10.2. The van der Waals surface area contributed by atoms with Crippen molar-refractivity contribution in [1.29, 1.82) is 0 Å². The van der Waals surface area contributed by atoms with Crippen molar-refractivity contribution in [2.24, 2.45) is 0 Å². The quantitative estimate of drug-likeness (QED) is 0.696. The maximum absolute atomic E-state index is 2.27. The van der Waals surface area contributed by atoms with Crippen LogP contribution >= 0.6 is 0 Å². The molecule has 0 unspecified atom stereocenters. The molecule has 0 saturated carbocycles. The average Bonchev–Trinajstić information content (AvgIpc) is 2.15. The van der Waals surface area contributed by atoms with E-state index in [4.69, 9.17) is 0 Å². The van der Waals surface area contributed by atoms with Gasteiger partial charge in [-0.3, -0.25) is 0 Å². The molecule has 0 aliphatic rings. The summed E-state index contributed by atoms with van der Waals surface area (Å²) in [6.45, 7) is 6.46. The minimum Gasteiger partial charge on any atom is -0.0617 e. The van der Waals surface area contributed by atoms with Crippen molar-refractivity contribution in [2.45, 2.75) is 27.2 Å². The topological polar surface area (TPSA) is 0 Å². The summed E-state index contributed by atoms with van der Waals surface area (Å²) in [6, 6.07) is 15.5. The summed E-state index contributed by atoms with van der Waals surface area (Å²) in [7, 11) is 0. The van der Waals surface area contributed by atoms with Crippen LogP contribution in [-0.4, -0.2) is 0 Å². The first-order valence-electron chi connectivity index (χ1n) is 5.76. The maximum atomic E-state index is 2.27. The van der Waals surface area contributed by atoms with Crippen LogP contribution in [0.25, 0.3) is 0 Å². The Kier molecular flexibility index (Phi) is 3.09. The summed E-state index contributed by atoms with van der Waals surface area (Å²) in [5.41, 5.74) is 6.83. The van der Waals surface area contributed by atoms with Gasteiger partial charge in [-0.2, -0.15) is 0 Å². The molecule has 0 bridgehead atoms. The fourth-order valence-corrected chi connectivity index (χ4v) is 2.23. The minimum atomic E-state index is 1.03. The van der Waals surface area contributed by atoms with Gasteiger partial charge >= 0.3 is 0 Å². The monoisotopic (exact) mass is 210 g/mol. The Morgan fingerprint density at radius 1 is 0.688 bits per heavy atom. The van der Waals surface area contributed by atoms with Crippen LogP contribution in [0, 0.1) is 20.8 Å². The Morgan fingerprint density at radius 3 is 1.94 bits per heavy atom. The van der Waals surface area contributed by atoms with Crippen LogP contribution in [0.15, 0.2) is 42.5 Å². The molecule has 2 aromatic rings. The molecule has 0 spiro atoms. The van der Waals surface area contributed by atoms with Crippen LogP contribution < -0.4 is 0 Å². The first-order valence-corrected chi connectivity index (χ1v) is 5.76. The normalized spacial score (nSPS) is 10.4. The van der Waals surface area contributed by atoms with Gasteiger partial charge in [-0.25, -0.2) is 0 Å². The molecule has 82 valence electrons. The molecule has 2 rings (SSSR count).